The van der Waals surface area contributed by atoms with Crippen molar-refractivity contribution in [2.75, 3.05) is 83.8 Å². The number of hydrogen-bond donors (Lipinski definition) is 1. The molecule has 1 aliphatic heterocycles. The summed E-state index contributed by atoms with van der Waals surface area (Å²) in [6.45, 7) is 13.8. The Hall–Kier alpha value is -4.00. The molecule has 1 aromatic heterocycles. The van der Waals surface area contributed by atoms with E-state index in [1.165, 1.54) is 18.0 Å². The van der Waals surface area contributed by atoms with Gasteiger partial charge in [0.2, 0.25) is 11.8 Å². The van der Waals surface area contributed by atoms with Crippen LogP contribution in [0.4, 0.5) is 26.5 Å². The molecular formula is C38H46Cl2FN7O3. The predicted octanol–water partition coefficient (Wildman–Crippen LogP) is 7.84. The topological polar surface area (TPSA) is 86.3 Å². The lowest BCUT2D eigenvalue weighted by molar-refractivity contribution is 0.119. The number of ether oxygens (including phenoxy) is 2. The molecule has 0 aliphatic carbocycles. The number of amides is 1. The van der Waals surface area contributed by atoms with Crippen LogP contribution in [0.2, 0.25) is 10.0 Å². The Morgan fingerprint density at radius 1 is 0.902 bits per heavy atom. The van der Waals surface area contributed by atoms with Gasteiger partial charge in [-0.25, -0.2) is 14.2 Å². The van der Waals surface area contributed by atoms with Crippen LogP contribution < -0.4 is 19.7 Å². The van der Waals surface area contributed by atoms with Gasteiger partial charge in [0, 0.05) is 81.3 Å². The van der Waals surface area contributed by atoms with Gasteiger partial charge in [0.1, 0.15) is 0 Å². The molecule has 10 nitrogen and oxygen atoms in total. The number of nitrogens with zero attached hydrogens (tertiary/aromatic N) is 6. The molecule has 1 saturated heterocycles. The molecule has 3 aromatic carbocycles. The van der Waals surface area contributed by atoms with Crippen molar-refractivity contribution in [1.29, 1.82) is 0 Å². The van der Waals surface area contributed by atoms with Crippen LogP contribution in [0.15, 0.2) is 54.6 Å². The van der Waals surface area contributed by atoms with Gasteiger partial charge in [-0.15, -0.1) is 0 Å². The van der Waals surface area contributed by atoms with Gasteiger partial charge < -0.3 is 24.6 Å². The molecule has 1 amide bonds. The zero-order valence-corrected chi connectivity index (χ0v) is 31.6. The first-order valence-electron chi connectivity index (χ1n) is 17.0. The molecule has 0 unspecified atom stereocenters. The van der Waals surface area contributed by atoms with Crippen LogP contribution >= 0.6 is 23.2 Å². The summed E-state index contributed by atoms with van der Waals surface area (Å²) in [5.41, 5.74) is 5.42. The van der Waals surface area contributed by atoms with Crippen molar-refractivity contribution >= 4 is 46.6 Å². The maximum absolute atomic E-state index is 15.2. The quantitative estimate of drug-likeness (QED) is 0.138. The van der Waals surface area contributed by atoms with Crippen LogP contribution in [-0.2, 0) is 0 Å². The third-order valence-electron chi connectivity index (χ3n) is 9.16. The van der Waals surface area contributed by atoms with Crippen molar-refractivity contribution in [3.05, 3.63) is 87.2 Å². The summed E-state index contributed by atoms with van der Waals surface area (Å²) in [4.78, 5) is 30.8. The first-order chi connectivity index (χ1) is 24.4. The molecule has 5 rings (SSSR count). The number of nitrogens with one attached hydrogen (secondary N) is 1. The minimum absolute atomic E-state index is 0.00877. The van der Waals surface area contributed by atoms with E-state index in [1.54, 1.807) is 36.4 Å². The Kier molecular flexibility index (Phi) is 13.1. The van der Waals surface area contributed by atoms with Crippen LogP contribution in [0.5, 0.6) is 11.6 Å². The van der Waals surface area contributed by atoms with E-state index < -0.39 is 11.9 Å². The van der Waals surface area contributed by atoms with Crippen molar-refractivity contribution in [3.63, 3.8) is 0 Å². The van der Waals surface area contributed by atoms with Crippen LogP contribution in [-0.4, -0.2) is 104 Å². The summed E-state index contributed by atoms with van der Waals surface area (Å²) in [5.74, 6) is -0.231. The molecule has 0 radical (unpaired) electrons. The average Bonchev–Trinajstić information content (AvgIpc) is 3.10. The van der Waals surface area contributed by atoms with E-state index in [9.17, 15) is 4.79 Å². The maximum Gasteiger partial charge on any atom is 0.420 e. The highest BCUT2D eigenvalue weighted by Gasteiger charge is 2.20. The molecule has 1 fully saturated rings. The number of rotatable bonds is 13. The van der Waals surface area contributed by atoms with E-state index in [2.05, 4.69) is 39.1 Å². The largest absolute Gasteiger partial charge is 0.490 e. The van der Waals surface area contributed by atoms with Crippen molar-refractivity contribution < 1.29 is 18.7 Å². The lowest BCUT2D eigenvalue weighted by Crippen LogP contribution is -2.48. The van der Waals surface area contributed by atoms with Gasteiger partial charge in [-0.2, -0.15) is 4.98 Å². The average molecular weight is 739 g/mol. The SMILES string of the molecule is Cc1ccc(-c2cc(OC(=O)N(C)c3cc(Cl)ccc3Cl)nc(Nc3ccc(OCCCN4CCN(CCN(C)C)CC4)c(F)c3)n2)c(C)c1C. The van der Waals surface area contributed by atoms with Crippen LogP contribution in [0.3, 0.4) is 0 Å². The molecule has 1 N–H and O–H groups in total. The van der Waals surface area contributed by atoms with Gasteiger partial charge in [0.25, 0.3) is 0 Å². The van der Waals surface area contributed by atoms with Gasteiger partial charge in [-0.1, -0.05) is 35.3 Å². The summed E-state index contributed by atoms with van der Waals surface area (Å²) in [6, 6.07) is 15.0. The fourth-order valence-electron chi connectivity index (χ4n) is 5.78. The predicted molar refractivity (Wildman–Crippen MR) is 204 cm³/mol. The number of halogens is 3. The highest BCUT2D eigenvalue weighted by atomic mass is 35.5. The van der Waals surface area contributed by atoms with E-state index in [-0.39, 0.29) is 17.6 Å². The van der Waals surface area contributed by atoms with E-state index in [1.807, 2.05) is 32.9 Å². The Labute approximate surface area is 310 Å². The lowest BCUT2D eigenvalue weighted by Gasteiger charge is -2.35. The Balaban J connectivity index is 1.26. The Bertz CT molecular complexity index is 1840. The summed E-state index contributed by atoms with van der Waals surface area (Å²) >= 11 is 12.5. The summed E-state index contributed by atoms with van der Waals surface area (Å²) in [5, 5.41) is 3.82. The van der Waals surface area contributed by atoms with E-state index in [4.69, 9.17) is 37.7 Å². The van der Waals surface area contributed by atoms with Crippen molar-refractivity contribution in [1.82, 2.24) is 24.7 Å². The van der Waals surface area contributed by atoms with Gasteiger partial charge >= 0.3 is 6.09 Å². The summed E-state index contributed by atoms with van der Waals surface area (Å²) in [6.07, 6.45) is 0.0666. The second-order valence-electron chi connectivity index (χ2n) is 13.1. The van der Waals surface area contributed by atoms with Gasteiger partial charge in [0.05, 0.1) is 23.0 Å². The number of benzene rings is 3. The third-order valence-corrected chi connectivity index (χ3v) is 9.72. The molecule has 2 heterocycles. The molecular weight excluding hydrogens is 692 g/mol. The molecule has 0 atom stereocenters. The number of aromatic nitrogens is 2. The molecule has 272 valence electrons. The minimum Gasteiger partial charge on any atom is -0.490 e. The van der Waals surface area contributed by atoms with E-state index >= 15 is 4.39 Å². The zero-order chi connectivity index (χ0) is 36.7. The zero-order valence-electron chi connectivity index (χ0n) is 30.1. The molecule has 0 spiro atoms. The lowest BCUT2D eigenvalue weighted by atomic mass is 9.97. The number of anilines is 3. The van der Waals surface area contributed by atoms with Gasteiger partial charge in [0.15, 0.2) is 11.6 Å². The monoisotopic (exact) mass is 737 g/mol. The van der Waals surface area contributed by atoms with Crippen molar-refractivity contribution in [3.8, 4) is 22.9 Å². The van der Waals surface area contributed by atoms with Gasteiger partial charge in [-0.05, 0) is 88.3 Å². The number of hydrogen-bond acceptors (Lipinski definition) is 9. The molecule has 0 saturated carbocycles. The number of carbonyl (C=O) groups excluding carboxylic acids is 1. The van der Waals surface area contributed by atoms with Crippen LogP contribution in [0.25, 0.3) is 11.3 Å². The second kappa shape index (κ2) is 17.5. The molecule has 0 bridgehead atoms. The van der Waals surface area contributed by atoms with Crippen molar-refractivity contribution in [2.45, 2.75) is 27.2 Å². The maximum atomic E-state index is 15.2. The first kappa shape index (κ1) is 38.2. The first-order valence-corrected chi connectivity index (χ1v) is 17.8. The standard InChI is InChI=1S/C38H46Cl2FN7O3/c1-25-8-11-30(27(3)26(25)2)33-24-36(51-38(49)46(6)34-22-28(39)9-12-31(34)40)44-37(43-33)42-29-10-13-35(32(41)23-29)50-21-7-14-47-17-19-48(20-18-47)16-15-45(4)5/h8-13,22-24H,7,14-21H2,1-6H3,(H,42,43,44). The number of piperazine rings is 1. The highest BCUT2D eigenvalue weighted by molar-refractivity contribution is 6.35. The summed E-state index contributed by atoms with van der Waals surface area (Å²) in [7, 11) is 5.72. The number of likely N-dealkylation sites (N-methyl/N-ethyl adjacent to an activating group) is 1. The van der Waals surface area contributed by atoms with Crippen molar-refractivity contribution in [2.24, 2.45) is 0 Å². The second-order valence-corrected chi connectivity index (χ2v) is 13.9. The van der Waals surface area contributed by atoms with E-state index in [0.29, 0.717) is 33.7 Å². The van der Waals surface area contributed by atoms with Gasteiger partial charge in [-0.3, -0.25) is 9.80 Å². The normalized spacial score (nSPS) is 13.8. The van der Waals surface area contributed by atoms with Crippen LogP contribution in [0.1, 0.15) is 23.1 Å². The molecule has 1 aliphatic rings. The fourth-order valence-corrected chi connectivity index (χ4v) is 6.19. The smallest absolute Gasteiger partial charge is 0.420 e. The molecule has 13 heteroatoms. The van der Waals surface area contributed by atoms with E-state index in [0.717, 1.165) is 74.5 Å². The number of aryl methyl sites for hydroxylation is 1. The minimum atomic E-state index is -0.735. The Morgan fingerprint density at radius 2 is 1.63 bits per heavy atom. The molecule has 51 heavy (non-hydrogen) atoms. The third kappa shape index (κ3) is 10.3. The summed E-state index contributed by atoms with van der Waals surface area (Å²) < 4.78 is 26.8. The van der Waals surface area contributed by atoms with Crippen LogP contribution in [0, 0.1) is 26.6 Å². The molecule has 4 aromatic rings. The number of carbonyl (C=O) groups is 1. The Morgan fingerprint density at radius 3 is 2.33 bits per heavy atom. The fraction of sp³-hybridized carbons (Fsp3) is 0.395. The highest BCUT2D eigenvalue weighted by Crippen LogP contribution is 2.32.